The normalized spacial score (nSPS) is 11.4. The fraction of sp³-hybridized carbons (Fsp3) is 0.308. The van der Waals surface area contributed by atoms with E-state index >= 15 is 0 Å². The maximum absolute atomic E-state index is 11.5. The van der Waals surface area contributed by atoms with Gasteiger partial charge in [0.15, 0.2) is 5.82 Å². The van der Waals surface area contributed by atoms with E-state index in [9.17, 15) is 13.2 Å². The van der Waals surface area contributed by atoms with Crippen molar-refractivity contribution in [3.63, 3.8) is 0 Å². The van der Waals surface area contributed by atoms with Gasteiger partial charge in [0.05, 0.1) is 30.8 Å². The first kappa shape index (κ1) is 16.1. The molecule has 0 saturated heterocycles. The summed E-state index contributed by atoms with van der Waals surface area (Å²) in [6.45, 7) is -0.126. The molecule has 0 aliphatic heterocycles. The summed E-state index contributed by atoms with van der Waals surface area (Å²) in [4.78, 5) is 19.9. The monoisotopic (exact) mass is 325 g/mol. The van der Waals surface area contributed by atoms with Gasteiger partial charge in [-0.15, -0.1) is 0 Å². The number of nitrogens with zero attached hydrogens (tertiary/aromatic N) is 3. The number of ether oxygens (including phenoxy) is 1. The third-order valence-electron chi connectivity index (χ3n) is 2.92. The van der Waals surface area contributed by atoms with E-state index in [0.29, 0.717) is 22.8 Å². The van der Waals surface area contributed by atoms with E-state index in [1.165, 1.54) is 25.6 Å². The molecule has 2 rings (SSSR count). The first-order valence-corrected chi connectivity index (χ1v) is 8.03. The maximum Gasteiger partial charge on any atom is 0.337 e. The predicted molar refractivity (Wildman–Crippen MR) is 77.4 cm³/mol. The van der Waals surface area contributed by atoms with Gasteiger partial charge in [-0.1, -0.05) is 0 Å². The van der Waals surface area contributed by atoms with Crippen LogP contribution >= 0.6 is 0 Å². The standard InChI is InChI=1S/C13H15N3O5S/c1-16-10(8-21-22(3,18)19)7-15-12(16)11-6-9(4-5-14-11)13(17)20-2/h4-7H,8H2,1-3H3. The molecular weight excluding hydrogens is 310 g/mol. The molecule has 0 fully saturated rings. The molecule has 0 saturated carbocycles. The number of imidazole rings is 1. The third kappa shape index (κ3) is 3.68. The number of carbonyl (C=O) groups excluding carboxylic acids is 1. The second-order valence-electron chi connectivity index (χ2n) is 4.52. The highest BCUT2D eigenvalue weighted by atomic mass is 32.2. The van der Waals surface area contributed by atoms with Crippen LogP contribution in [0.25, 0.3) is 11.5 Å². The van der Waals surface area contributed by atoms with Crippen LogP contribution < -0.4 is 0 Å². The molecule has 22 heavy (non-hydrogen) atoms. The van der Waals surface area contributed by atoms with Crippen molar-refractivity contribution in [2.45, 2.75) is 6.61 Å². The molecule has 8 nitrogen and oxygen atoms in total. The molecule has 0 aliphatic carbocycles. The fourth-order valence-corrected chi connectivity index (χ4v) is 2.12. The lowest BCUT2D eigenvalue weighted by Gasteiger charge is -2.06. The average Bonchev–Trinajstić information content (AvgIpc) is 2.85. The first-order valence-electron chi connectivity index (χ1n) is 6.21. The molecule has 0 unspecified atom stereocenters. The Morgan fingerprint density at radius 2 is 2.09 bits per heavy atom. The maximum atomic E-state index is 11.5. The minimum absolute atomic E-state index is 0.126. The summed E-state index contributed by atoms with van der Waals surface area (Å²) in [7, 11) is -0.534. The largest absolute Gasteiger partial charge is 0.465 e. The molecule has 9 heteroatoms. The summed E-state index contributed by atoms with van der Waals surface area (Å²) in [5.74, 6) is 0.0105. The summed E-state index contributed by atoms with van der Waals surface area (Å²) in [6, 6.07) is 3.08. The van der Waals surface area contributed by atoms with Crippen LogP contribution in [0.4, 0.5) is 0 Å². The van der Waals surface area contributed by atoms with E-state index in [1.54, 1.807) is 17.7 Å². The van der Waals surface area contributed by atoms with Crippen molar-refractivity contribution in [1.29, 1.82) is 0 Å². The molecule has 0 atom stereocenters. The van der Waals surface area contributed by atoms with E-state index < -0.39 is 16.1 Å². The number of methoxy groups -OCH3 is 1. The highest BCUT2D eigenvalue weighted by molar-refractivity contribution is 7.85. The number of pyridine rings is 1. The molecule has 2 heterocycles. The number of hydrogen-bond donors (Lipinski definition) is 0. The minimum Gasteiger partial charge on any atom is -0.465 e. The molecule has 118 valence electrons. The van der Waals surface area contributed by atoms with Crippen LogP contribution in [0.2, 0.25) is 0 Å². The van der Waals surface area contributed by atoms with Gasteiger partial charge in [0, 0.05) is 13.2 Å². The molecule has 0 spiro atoms. The number of carbonyl (C=O) groups is 1. The number of hydrogen-bond acceptors (Lipinski definition) is 7. The smallest absolute Gasteiger partial charge is 0.337 e. The molecule has 2 aromatic heterocycles. The molecular formula is C13H15N3O5S. The fourth-order valence-electron chi connectivity index (χ4n) is 1.78. The average molecular weight is 325 g/mol. The third-order valence-corrected chi connectivity index (χ3v) is 3.46. The Balaban J connectivity index is 2.31. The van der Waals surface area contributed by atoms with Crippen molar-refractivity contribution < 1.29 is 22.1 Å². The van der Waals surface area contributed by atoms with E-state index in [1.807, 2.05) is 0 Å². The first-order chi connectivity index (χ1) is 10.3. The van der Waals surface area contributed by atoms with Crippen molar-refractivity contribution in [2.75, 3.05) is 13.4 Å². The second-order valence-corrected chi connectivity index (χ2v) is 6.16. The van der Waals surface area contributed by atoms with Crippen molar-refractivity contribution in [3.05, 3.63) is 35.8 Å². The van der Waals surface area contributed by atoms with E-state index in [-0.39, 0.29) is 6.61 Å². The van der Waals surface area contributed by atoms with E-state index in [2.05, 4.69) is 14.7 Å². The van der Waals surface area contributed by atoms with Gasteiger partial charge in [0.2, 0.25) is 0 Å². The summed E-state index contributed by atoms with van der Waals surface area (Å²) < 4.78 is 33.1. The van der Waals surface area contributed by atoms with E-state index in [4.69, 9.17) is 4.18 Å². The summed E-state index contributed by atoms with van der Waals surface area (Å²) >= 11 is 0. The Morgan fingerprint density at radius 3 is 2.73 bits per heavy atom. The van der Waals surface area contributed by atoms with Crippen molar-refractivity contribution in [1.82, 2.24) is 14.5 Å². The zero-order chi connectivity index (χ0) is 16.3. The lowest BCUT2D eigenvalue weighted by atomic mass is 10.2. The second kappa shape index (κ2) is 6.24. The molecule has 0 amide bonds. The zero-order valence-electron chi connectivity index (χ0n) is 12.3. The van der Waals surface area contributed by atoms with Gasteiger partial charge in [-0.05, 0) is 12.1 Å². The zero-order valence-corrected chi connectivity index (χ0v) is 13.1. The molecule has 0 bridgehead atoms. The van der Waals surface area contributed by atoms with Gasteiger partial charge < -0.3 is 9.30 Å². The highest BCUT2D eigenvalue weighted by Crippen LogP contribution is 2.18. The van der Waals surface area contributed by atoms with Gasteiger partial charge >= 0.3 is 5.97 Å². The Bertz CT molecular complexity index is 798. The topological polar surface area (TPSA) is 100 Å². The summed E-state index contributed by atoms with van der Waals surface area (Å²) in [5.41, 5.74) is 1.38. The minimum atomic E-state index is -3.53. The van der Waals surface area contributed by atoms with Crippen LogP contribution in [-0.2, 0) is 32.7 Å². The number of rotatable bonds is 5. The van der Waals surface area contributed by atoms with Crippen LogP contribution in [0.5, 0.6) is 0 Å². The van der Waals surface area contributed by atoms with Gasteiger partial charge in [0.1, 0.15) is 12.3 Å². The Hall–Kier alpha value is -2.26. The lowest BCUT2D eigenvalue weighted by Crippen LogP contribution is -2.07. The Morgan fingerprint density at radius 1 is 1.36 bits per heavy atom. The molecule has 0 aromatic carbocycles. The molecule has 2 aromatic rings. The number of aromatic nitrogens is 3. The highest BCUT2D eigenvalue weighted by Gasteiger charge is 2.14. The van der Waals surface area contributed by atoms with Crippen LogP contribution in [0.3, 0.4) is 0 Å². The Labute approximate surface area is 127 Å². The Kier molecular flexibility index (Phi) is 4.57. The molecule has 0 radical (unpaired) electrons. The SMILES string of the molecule is COC(=O)c1ccnc(-c2ncc(COS(C)(=O)=O)n2C)c1. The molecule has 0 aliphatic rings. The van der Waals surface area contributed by atoms with E-state index in [0.717, 1.165) is 6.26 Å². The van der Waals surface area contributed by atoms with Gasteiger partial charge in [0.25, 0.3) is 10.1 Å². The summed E-state index contributed by atoms with van der Waals surface area (Å²) in [6.07, 6.45) is 3.95. The van der Waals surface area contributed by atoms with Crippen LogP contribution in [0.15, 0.2) is 24.5 Å². The van der Waals surface area contributed by atoms with Crippen LogP contribution in [-0.4, -0.2) is 42.3 Å². The van der Waals surface area contributed by atoms with Gasteiger partial charge in [-0.25, -0.2) is 9.78 Å². The lowest BCUT2D eigenvalue weighted by molar-refractivity contribution is 0.0600. The van der Waals surface area contributed by atoms with Crippen molar-refractivity contribution in [2.24, 2.45) is 7.05 Å². The van der Waals surface area contributed by atoms with Crippen LogP contribution in [0, 0.1) is 0 Å². The van der Waals surface area contributed by atoms with Gasteiger partial charge in [-0.3, -0.25) is 9.17 Å². The van der Waals surface area contributed by atoms with Crippen molar-refractivity contribution >= 4 is 16.1 Å². The van der Waals surface area contributed by atoms with Crippen molar-refractivity contribution in [3.8, 4) is 11.5 Å². The van der Waals surface area contributed by atoms with Crippen LogP contribution in [0.1, 0.15) is 16.1 Å². The number of esters is 1. The van der Waals surface area contributed by atoms with Gasteiger partial charge in [-0.2, -0.15) is 8.42 Å². The quantitative estimate of drug-likeness (QED) is 0.590. The summed E-state index contributed by atoms with van der Waals surface area (Å²) in [5, 5.41) is 0. The predicted octanol–water partition coefficient (Wildman–Crippen LogP) is 0.745. The molecule has 0 N–H and O–H groups in total.